The van der Waals surface area contributed by atoms with Crippen LogP contribution in [-0.2, 0) is 6.42 Å². The van der Waals surface area contributed by atoms with Gasteiger partial charge in [-0.15, -0.1) is 11.3 Å². The number of hydrogen-bond donors (Lipinski definition) is 0. The average molecular weight is 368 g/mol. The van der Waals surface area contributed by atoms with Gasteiger partial charge in [0.15, 0.2) is 0 Å². The molecule has 3 rings (SSSR count). The highest BCUT2D eigenvalue weighted by atomic mass is 79.9. The molecule has 1 aromatic heterocycles. The fourth-order valence-electron chi connectivity index (χ4n) is 2.16. The molecule has 102 valence electrons. The fraction of sp³-hybridized carbons (Fsp3) is 0.125. The van der Waals surface area contributed by atoms with Crippen LogP contribution in [0.2, 0.25) is 5.02 Å². The molecule has 2 aromatic carbocycles. The number of benzene rings is 2. The number of thiophene rings is 1. The number of halogens is 2. The average Bonchev–Trinajstić information content (AvgIpc) is 2.84. The second-order valence-corrected chi connectivity index (χ2v) is 7.02. The van der Waals surface area contributed by atoms with Crippen molar-refractivity contribution in [3.8, 4) is 5.75 Å². The van der Waals surface area contributed by atoms with Gasteiger partial charge >= 0.3 is 0 Å². The van der Waals surface area contributed by atoms with Crippen LogP contribution in [0.1, 0.15) is 10.4 Å². The van der Waals surface area contributed by atoms with Gasteiger partial charge in [-0.25, -0.2) is 0 Å². The van der Waals surface area contributed by atoms with Crippen molar-refractivity contribution in [3.63, 3.8) is 0 Å². The van der Waals surface area contributed by atoms with Crippen LogP contribution in [-0.4, -0.2) is 7.11 Å². The summed E-state index contributed by atoms with van der Waals surface area (Å²) in [6.07, 6.45) is 0.847. The summed E-state index contributed by atoms with van der Waals surface area (Å²) in [7, 11) is 1.69. The molecular weight excluding hydrogens is 356 g/mol. The van der Waals surface area contributed by atoms with E-state index in [9.17, 15) is 0 Å². The molecule has 0 saturated heterocycles. The first-order valence-electron chi connectivity index (χ1n) is 6.16. The summed E-state index contributed by atoms with van der Waals surface area (Å²) in [6.45, 7) is 0. The molecule has 0 radical (unpaired) electrons. The van der Waals surface area contributed by atoms with Crippen LogP contribution in [0, 0.1) is 0 Å². The van der Waals surface area contributed by atoms with Crippen molar-refractivity contribution >= 4 is 49.0 Å². The van der Waals surface area contributed by atoms with Gasteiger partial charge in [0, 0.05) is 25.5 Å². The molecule has 1 heterocycles. The Hall–Kier alpha value is -1.03. The third-order valence-electron chi connectivity index (χ3n) is 3.15. The van der Waals surface area contributed by atoms with Gasteiger partial charge in [-0.3, -0.25) is 0 Å². The van der Waals surface area contributed by atoms with Crippen LogP contribution in [0.4, 0.5) is 0 Å². The normalized spacial score (nSPS) is 10.9. The molecule has 0 atom stereocenters. The molecule has 0 aliphatic carbocycles. The molecule has 0 bridgehead atoms. The number of methoxy groups -OCH3 is 1. The molecule has 0 aliphatic rings. The summed E-state index contributed by atoms with van der Waals surface area (Å²) in [5.41, 5.74) is 1.14. The molecule has 0 unspecified atom stereocenters. The van der Waals surface area contributed by atoms with Gasteiger partial charge in [0.1, 0.15) is 5.75 Å². The Morgan fingerprint density at radius 3 is 2.80 bits per heavy atom. The van der Waals surface area contributed by atoms with E-state index in [-0.39, 0.29) is 0 Å². The van der Waals surface area contributed by atoms with Crippen molar-refractivity contribution in [1.29, 1.82) is 0 Å². The third-order valence-corrected chi connectivity index (χ3v) is 5.12. The van der Waals surface area contributed by atoms with Crippen molar-refractivity contribution in [3.05, 3.63) is 62.4 Å². The minimum absolute atomic E-state index is 0.809. The molecule has 0 aliphatic heterocycles. The summed E-state index contributed by atoms with van der Waals surface area (Å²) >= 11 is 11.5. The Balaban J connectivity index is 1.96. The van der Waals surface area contributed by atoms with Crippen molar-refractivity contribution in [2.45, 2.75) is 6.42 Å². The first-order chi connectivity index (χ1) is 9.65. The summed E-state index contributed by atoms with van der Waals surface area (Å²) in [6, 6.07) is 14.3. The first kappa shape index (κ1) is 13.9. The van der Waals surface area contributed by atoms with E-state index in [1.165, 1.54) is 15.0 Å². The highest BCUT2D eigenvalue weighted by molar-refractivity contribution is 9.10. The second kappa shape index (κ2) is 5.76. The zero-order valence-electron chi connectivity index (χ0n) is 10.8. The lowest BCUT2D eigenvalue weighted by molar-refractivity contribution is 0.415. The topological polar surface area (TPSA) is 9.23 Å². The Morgan fingerprint density at radius 1 is 1.15 bits per heavy atom. The molecule has 0 amide bonds. The largest absolute Gasteiger partial charge is 0.497 e. The summed E-state index contributed by atoms with van der Waals surface area (Å²) < 4.78 is 7.59. The van der Waals surface area contributed by atoms with Gasteiger partial charge in [0.05, 0.1) is 7.11 Å². The van der Waals surface area contributed by atoms with Gasteiger partial charge in [0.25, 0.3) is 0 Å². The third kappa shape index (κ3) is 2.85. The SMILES string of the molecule is COc1ccc2sc(Cc3cc(Br)ccc3Cl)cc2c1. The van der Waals surface area contributed by atoms with E-state index in [4.69, 9.17) is 16.3 Å². The molecule has 0 spiro atoms. The van der Waals surface area contributed by atoms with Crippen molar-refractivity contribution in [2.24, 2.45) is 0 Å². The summed E-state index contributed by atoms with van der Waals surface area (Å²) in [4.78, 5) is 1.30. The summed E-state index contributed by atoms with van der Waals surface area (Å²) in [5.74, 6) is 0.891. The van der Waals surface area contributed by atoms with Crippen molar-refractivity contribution < 1.29 is 4.74 Å². The van der Waals surface area contributed by atoms with E-state index in [0.717, 1.165) is 27.2 Å². The Bertz CT molecular complexity index is 766. The van der Waals surface area contributed by atoms with Gasteiger partial charge in [-0.2, -0.15) is 0 Å². The number of ether oxygens (including phenoxy) is 1. The molecule has 0 N–H and O–H groups in total. The minimum Gasteiger partial charge on any atom is -0.497 e. The van der Waals surface area contributed by atoms with E-state index in [2.05, 4.69) is 40.2 Å². The number of hydrogen-bond acceptors (Lipinski definition) is 2. The molecule has 4 heteroatoms. The fourth-order valence-corrected chi connectivity index (χ4v) is 3.82. The van der Waals surface area contributed by atoms with Crippen LogP contribution >= 0.6 is 38.9 Å². The lowest BCUT2D eigenvalue weighted by atomic mass is 10.1. The van der Waals surface area contributed by atoms with E-state index >= 15 is 0 Å². The zero-order valence-corrected chi connectivity index (χ0v) is 14.0. The van der Waals surface area contributed by atoms with E-state index < -0.39 is 0 Å². The molecule has 3 aromatic rings. The lowest BCUT2D eigenvalue weighted by Crippen LogP contribution is -1.86. The van der Waals surface area contributed by atoms with Gasteiger partial charge in [-0.1, -0.05) is 27.5 Å². The predicted molar refractivity (Wildman–Crippen MR) is 90.3 cm³/mol. The molecule has 20 heavy (non-hydrogen) atoms. The predicted octanol–water partition coefficient (Wildman–Crippen LogP) is 5.92. The maximum Gasteiger partial charge on any atom is 0.119 e. The van der Waals surface area contributed by atoms with Crippen LogP contribution in [0.3, 0.4) is 0 Å². The highest BCUT2D eigenvalue weighted by Gasteiger charge is 2.07. The Labute approximate surface area is 135 Å². The summed E-state index contributed by atoms with van der Waals surface area (Å²) in [5, 5.41) is 2.03. The lowest BCUT2D eigenvalue weighted by Gasteiger charge is -2.02. The molecular formula is C16H12BrClOS. The van der Waals surface area contributed by atoms with Crippen LogP contribution in [0.5, 0.6) is 5.75 Å². The Kier molecular flexibility index (Phi) is 4.01. The van der Waals surface area contributed by atoms with Gasteiger partial charge in [-0.05, 0) is 53.4 Å². The van der Waals surface area contributed by atoms with Gasteiger partial charge < -0.3 is 4.74 Å². The van der Waals surface area contributed by atoms with Crippen LogP contribution in [0.15, 0.2) is 46.9 Å². The molecule has 0 saturated carbocycles. The van der Waals surface area contributed by atoms with Crippen LogP contribution in [0.25, 0.3) is 10.1 Å². The zero-order chi connectivity index (χ0) is 14.1. The minimum atomic E-state index is 0.809. The maximum atomic E-state index is 6.26. The first-order valence-corrected chi connectivity index (χ1v) is 8.15. The molecule has 0 fully saturated rings. The number of rotatable bonds is 3. The van der Waals surface area contributed by atoms with Crippen molar-refractivity contribution in [1.82, 2.24) is 0 Å². The monoisotopic (exact) mass is 366 g/mol. The van der Waals surface area contributed by atoms with Crippen LogP contribution < -0.4 is 4.74 Å². The second-order valence-electron chi connectivity index (χ2n) is 4.53. The number of fused-ring (bicyclic) bond motifs is 1. The smallest absolute Gasteiger partial charge is 0.119 e. The quantitative estimate of drug-likeness (QED) is 0.558. The van der Waals surface area contributed by atoms with E-state index in [1.807, 2.05) is 18.2 Å². The van der Waals surface area contributed by atoms with E-state index in [0.29, 0.717) is 0 Å². The maximum absolute atomic E-state index is 6.26. The van der Waals surface area contributed by atoms with E-state index in [1.54, 1.807) is 18.4 Å². The highest BCUT2D eigenvalue weighted by Crippen LogP contribution is 2.32. The van der Waals surface area contributed by atoms with Crippen molar-refractivity contribution in [2.75, 3.05) is 7.11 Å². The Morgan fingerprint density at radius 2 is 2.00 bits per heavy atom. The standard InChI is InChI=1S/C16H12BrClOS/c1-19-13-3-5-16-11(7-13)9-14(20-16)8-10-6-12(17)2-4-15(10)18/h2-7,9H,8H2,1H3. The van der Waals surface area contributed by atoms with Gasteiger partial charge in [0.2, 0.25) is 0 Å². The molecule has 1 nitrogen and oxygen atoms in total.